The van der Waals surface area contributed by atoms with Crippen molar-refractivity contribution in [3.63, 3.8) is 0 Å². The largest absolute Gasteiger partial charge is 0.368 e. The van der Waals surface area contributed by atoms with Gasteiger partial charge in [-0.1, -0.05) is 11.6 Å². The number of aromatic nitrogens is 2. The van der Waals surface area contributed by atoms with Crippen molar-refractivity contribution in [1.29, 1.82) is 0 Å². The molecule has 17 heavy (non-hydrogen) atoms. The molecule has 5 nitrogen and oxygen atoms in total. The van der Waals surface area contributed by atoms with Gasteiger partial charge in [-0.2, -0.15) is 4.98 Å². The summed E-state index contributed by atoms with van der Waals surface area (Å²) in [4.78, 5) is 10.1. The van der Waals surface area contributed by atoms with Crippen molar-refractivity contribution in [2.75, 3.05) is 23.7 Å². The maximum Gasteiger partial charge on any atom is 0.223 e. The smallest absolute Gasteiger partial charge is 0.223 e. The van der Waals surface area contributed by atoms with Crippen LogP contribution in [0.2, 0.25) is 5.15 Å². The van der Waals surface area contributed by atoms with Crippen LogP contribution in [0.5, 0.6) is 0 Å². The van der Waals surface area contributed by atoms with Crippen molar-refractivity contribution in [2.24, 2.45) is 5.73 Å². The molecule has 0 bridgehead atoms. The highest BCUT2D eigenvalue weighted by atomic mass is 35.5. The molecule has 1 aliphatic rings. The Kier molecular flexibility index (Phi) is 6.85. The maximum absolute atomic E-state index is 5.89. The second-order valence-corrected chi connectivity index (χ2v) is 4.14. The van der Waals surface area contributed by atoms with Crippen LogP contribution in [0.1, 0.15) is 12.8 Å². The van der Waals surface area contributed by atoms with Crippen LogP contribution < -0.4 is 16.4 Å². The van der Waals surface area contributed by atoms with Gasteiger partial charge < -0.3 is 16.4 Å². The van der Waals surface area contributed by atoms with Crippen LogP contribution in [0.15, 0.2) is 6.07 Å². The molecule has 2 rings (SSSR count). The Balaban J connectivity index is 0.00000128. The number of hydrogen-bond donors (Lipinski definition) is 2. The minimum absolute atomic E-state index is 0. The highest BCUT2D eigenvalue weighted by molar-refractivity contribution is 6.29. The fraction of sp³-hybridized carbons (Fsp3) is 0.556. The van der Waals surface area contributed by atoms with Crippen LogP contribution >= 0.6 is 36.4 Å². The minimum Gasteiger partial charge on any atom is -0.368 e. The summed E-state index contributed by atoms with van der Waals surface area (Å²) in [5.74, 6) is 0.972. The van der Waals surface area contributed by atoms with Gasteiger partial charge in [0.15, 0.2) is 0 Å². The molecule has 0 saturated carbocycles. The maximum atomic E-state index is 5.89. The number of halogens is 3. The third-order valence-corrected chi connectivity index (χ3v) is 2.67. The Labute approximate surface area is 118 Å². The lowest BCUT2D eigenvalue weighted by atomic mass is 10.1. The van der Waals surface area contributed by atoms with Crippen molar-refractivity contribution in [2.45, 2.75) is 18.9 Å². The number of nitrogens with zero attached hydrogens (tertiary/aromatic N) is 3. The van der Waals surface area contributed by atoms with Crippen LogP contribution in [-0.2, 0) is 0 Å². The first-order valence-electron chi connectivity index (χ1n) is 4.96. The molecule has 1 unspecified atom stereocenters. The van der Waals surface area contributed by atoms with E-state index in [0.29, 0.717) is 5.15 Å². The molecule has 0 aliphatic carbocycles. The summed E-state index contributed by atoms with van der Waals surface area (Å²) in [5.41, 5.74) is 11.4. The molecule has 1 aliphatic heterocycles. The first kappa shape index (κ1) is 16.5. The van der Waals surface area contributed by atoms with Crippen LogP contribution in [0.4, 0.5) is 11.8 Å². The molecule has 2 heterocycles. The molecular formula is C9H16Cl3N5. The van der Waals surface area contributed by atoms with Gasteiger partial charge in [0.1, 0.15) is 11.0 Å². The Morgan fingerprint density at radius 1 is 1.35 bits per heavy atom. The quantitative estimate of drug-likeness (QED) is 0.768. The lowest BCUT2D eigenvalue weighted by Gasteiger charge is -2.31. The normalized spacial score (nSPS) is 19.2. The summed E-state index contributed by atoms with van der Waals surface area (Å²) < 4.78 is 0. The van der Waals surface area contributed by atoms with E-state index >= 15 is 0 Å². The average molecular weight is 301 g/mol. The molecule has 0 aromatic carbocycles. The third-order valence-electron chi connectivity index (χ3n) is 2.48. The first-order valence-corrected chi connectivity index (χ1v) is 5.33. The van der Waals surface area contributed by atoms with E-state index < -0.39 is 0 Å². The van der Waals surface area contributed by atoms with E-state index in [0.717, 1.165) is 31.7 Å². The van der Waals surface area contributed by atoms with Crippen LogP contribution in [0.25, 0.3) is 0 Å². The molecule has 4 N–H and O–H groups in total. The number of piperidine rings is 1. The fourth-order valence-corrected chi connectivity index (χ4v) is 1.99. The second-order valence-electron chi connectivity index (χ2n) is 3.76. The van der Waals surface area contributed by atoms with Gasteiger partial charge in [0.05, 0.1) is 0 Å². The van der Waals surface area contributed by atoms with Crippen LogP contribution in [-0.4, -0.2) is 29.1 Å². The molecule has 98 valence electrons. The summed E-state index contributed by atoms with van der Waals surface area (Å²) in [6.45, 7) is 1.74. The molecule has 0 spiro atoms. The molecule has 1 atom stereocenters. The molecule has 0 radical (unpaired) electrons. The fourth-order valence-electron chi connectivity index (χ4n) is 1.80. The van der Waals surface area contributed by atoms with E-state index in [1.807, 2.05) is 0 Å². The van der Waals surface area contributed by atoms with Crippen molar-refractivity contribution >= 4 is 48.2 Å². The van der Waals surface area contributed by atoms with Gasteiger partial charge >= 0.3 is 0 Å². The van der Waals surface area contributed by atoms with Gasteiger partial charge in [-0.25, -0.2) is 4.98 Å². The Bertz CT molecular complexity index is 342. The lowest BCUT2D eigenvalue weighted by molar-refractivity contribution is 0.503. The van der Waals surface area contributed by atoms with Gasteiger partial charge in [-0.3, -0.25) is 0 Å². The number of anilines is 2. The Morgan fingerprint density at radius 3 is 2.65 bits per heavy atom. The second kappa shape index (κ2) is 7.06. The number of nitrogen functional groups attached to an aromatic ring is 1. The molecular weight excluding hydrogens is 284 g/mol. The highest BCUT2D eigenvalue weighted by Gasteiger charge is 2.18. The van der Waals surface area contributed by atoms with E-state index in [2.05, 4.69) is 14.9 Å². The average Bonchev–Trinajstić information content (AvgIpc) is 2.16. The van der Waals surface area contributed by atoms with Crippen molar-refractivity contribution in [3.8, 4) is 0 Å². The monoisotopic (exact) mass is 299 g/mol. The number of rotatable bonds is 1. The van der Waals surface area contributed by atoms with Gasteiger partial charge in [-0.05, 0) is 12.8 Å². The number of nitrogens with two attached hydrogens (primary N) is 2. The van der Waals surface area contributed by atoms with E-state index in [1.54, 1.807) is 6.07 Å². The topological polar surface area (TPSA) is 81.1 Å². The van der Waals surface area contributed by atoms with E-state index in [9.17, 15) is 0 Å². The predicted molar refractivity (Wildman–Crippen MR) is 75.4 cm³/mol. The van der Waals surface area contributed by atoms with Crippen molar-refractivity contribution in [1.82, 2.24) is 9.97 Å². The highest BCUT2D eigenvalue weighted by Crippen LogP contribution is 2.20. The van der Waals surface area contributed by atoms with Crippen molar-refractivity contribution < 1.29 is 0 Å². The SMILES string of the molecule is Cl.Cl.Nc1nc(Cl)cc(N2CCCC(N)C2)n1. The van der Waals surface area contributed by atoms with Crippen molar-refractivity contribution in [3.05, 3.63) is 11.2 Å². The van der Waals surface area contributed by atoms with Gasteiger partial charge in [0.25, 0.3) is 0 Å². The van der Waals surface area contributed by atoms with E-state index in [4.69, 9.17) is 23.1 Å². The summed E-state index contributed by atoms with van der Waals surface area (Å²) in [6, 6.07) is 1.92. The summed E-state index contributed by atoms with van der Waals surface area (Å²) >= 11 is 5.82. The summed E-state index contributed by atoms with van der Waals surface area (Å²) in [6.07, 6.45) is 2.13. The lowest BCUT2D eigenvalue weighted by Crippen LogP contribution is -2.43. The summed E-state index contributed by atoms with van der Waals surface area (Å²) in [5, 5.41) is 0.372. The standard InChI is InChI=1S/C9H14ClN5.2ClH/c10-7-4-8(14-9(12)13-7)15-3-1-2-6(11)5-15;;/h4,6H,1-3,5,11H2,(H2,12,13,14);2*1H. The number of hydrogen-bond acceptors (Lipinski definition) is 5. The minimum atomic E-state index is 0. The van der Waals surface area contributed by atoms with Crippen LogP contribution in [0.3, 0.4) is 0 Å². The third kappa shape index (κ3) is 4.35. The van der Waals surface area contributed by atoms with Gasteiger partial charge in [0.2, 0.25) is 5.95 Å². The molecule has 1 aromatic rings. The Morgan fingerprint density at radius 2 is 2.06 bits per heavy atom. The molecule has 1 saturated heterocycles. The predicted octanol–water partition coefficient (Wildman–Crippen LogP) is 1.48. The van der Waals surface area contributed by atoms with E-state index in [1.165, 1.54) is 0 Å². The van der Waals surface area contributed by atoms with Crippen LogP contribution in [0, 0.1) is 0 Å². The zero-order chi connectivity index (χ0) is 10.8. The van der Waals surface area contributed by atoms with Gasteiger partial charge in [-0.15, -0.1) is 24.8 Å². The molecule has 8 heteroatoms. The van der Waals surface area contributed by atoms with E-state index in [-0.39, 0.29) is 36.8 Å². The molecule has 1 aromatic heterocycles. The Hall–Kier alpha value is -0.490. The summed E-state index contributed by atoms with van der Waals surface area (Å²) in [7, 11) is 0. The zero-order valence-corrected chi connectivity index (χ0v) is 11.6. The van der Waals surface area contributed by atoms with Gasteiger partial charge in [0, 0.05) is 25.2 Å². The first-order chi connectivity index (χ1) is 7.15. The molecule has 1 fully saturated rings. The molecule has 0 amide bonds. The zero-order valence-electron chi connectivity index (χ0n) is 9.17.